The van der Waals surface area contributed by atoms with E-state index in [4.69, 9.17) is 5.73 Å². The molecule has 6 rings (SSSR count). The van der Waals surface area contributed by atoms with Gasteiger partial charge in [0.2, 0.25) is 5.95 Å². The van der Waals surface area contributed by atoms with Crippen LogP contribution in [0.15, 0.2) is 72.8 Å². The fourth-order valence-corrected chi connectivity index (χ4v) is 5.31. The summed E-state index contributed by atoms with van der Waals surface area (Å²) in [4.78, 5) is 34.6. The van der Waals surface area contributed by atoms with Gasteiger partial charge in [0.25, 0.3) is 5.91 Å². The predicted molar refractivity (Wildman–Crippen MR) is 161 cm³/mol. The molecule has 0 fully saturated rings. The van der Waals surface area contributed by atoms with Gasteiger partial charge >= 0.3 is 6.03 Å². The summed E-state index contributed by atoms with van der Waals surface area (Å²) in [6, 6.07) is 22.9. The van der Waals surface area contributed by atoms with Crippen LogP contribution in [0.2, 0.25) is 0 Å². The number of nitrogen functional groups attached to an aromatic ring is 1. The zero-order chi connectivity index (χ0) is 29.4. The van der Waals surface area contributed by atoms with Crippen LogP contribution >= 0.6 is 0 Å². The summed E-state index contributed by atoms with van der Waals surface area (Å²) in [6.07, 6.45) is 0.514. The van der Waals surface area contributed by atoms with Gasteiger partial charge in [-0.25, -0.2) is 9.48 Å². The van der Waals surface area contributed by atoms with Crippen LogP contribution < -0.4 is 11.1 Å². The van der Waals surface area contributed by atoms with Gasteiger partial charge < -0.3 is 16.0 Å². The molecule has 0 saturated heterocycles. The largest absolute Gasteiger partial charge is 0.366 e. The number of fused-ring (bicyclic) bond motifs is 1. The Kier molecular flexibility index (Phi) is 7.01. The van der Waals surface area contributed by atoms with Gasteiger partial charge in [-0.3, -0.25) is 14.8 Å². The number of nitrogens with zero attached hydrogens (tertiary/aromatic N) is 6. The molecule has 0 saturated carbocycles. The molecule has 4 N–H and O–H groups in total. The van der Waals surface area contributed by atoms with E-state index in [2.05, 4.69) is 42.6 Å². The number of aromatic nitrogens is 5. The number of benzene rings is 3. The van der Waals surface area contributed by atoms with Gasteiger partial charge in [-0.15, -0.1) is 5.10 Å². The quantitative estimate of drug-likeness (QED) is 0.277. The van der Waals surface area contributed by atoms with Crippen LogP contribution in [-0.4, -0.2) is 67.3 Å². The van der Waals surface area contributed by atoms with Crippen LogP contribution in [0.25, 0.3) is 28.2 Å². The number of carbonyl (C=O) groups is 2. The van der Waals surface area contributed by atoms with E-state index >= 15 is 0 Å². The van der Waals surface area contributed by atoms with E-state index in [1.807, 2.05) is 81.7 Å². The van der Waals surface area contributed by atoms with E-state index in [9.17, 15) is 9.59 Å². The molecule has 3 amide bonds. The number of carbonyl (C=O) groups excluding carboxylic acids is 2. The highest BCUT2D eigenvalue weighted by molar-refractivity contribution is 6.09. The Hall–Kier alpha value is -5.29. The van der Waals surface area contributed by atoms with Crippen molar-refractivity contribution in [1.29, 1.82) is 0 Å². The number of nitrogens with one attached hydrogen (secondary N) is 2. The number of H-pyrrole nitrogens is 1. The predicted octanol–water partition coefficient (Wildman–Crippen LogP) is 4.51. The van der Waals surface area contributed by atoms with Crippen molar-refractivity contribution in [1.82, 2.24) is 34.8 Å². The van der Waals surface area contributed by atoms with Crippen LogP contribution in [-0.2, 0) is 13.0 Å². The number of aryl methyl sites for hydroxylation is 1. The number of urea groups is 1. The van der Waals surface area contributed by atoms with E-state index in [1.165, 1.54) is 10.5 Å². The fraction of sp³-hybridized carbons (Fsp3) is 0.194. The molecule has 0 aliphatic carbocycles. The van der Waals surface area contributed by atoms with Crippen molar-refractivity contribution in [2.75, 3.05) is 31.7 Å². The molecule has 5 aromatic rings. The first kappa shape index (κ1) is 26.9. The molecule has 2 aromatic heterocycles. The molecule has 0 spiro atoms. The molecule has 11 nitrogen and oxygen atoms in total. The summed E-state index contributed by atoms with van der Waals surface area (Å²) < 4.78 is 1.59. The minimum Gasteiger partial charge on any atom is -0.366 e. The van der Waals surface area contributed by atoms with Gasteiger partial charge in [0, 0.05) is 29.9 Å². The van der Waals surface area contributed by atoms with Crippen molar-refractivity contribution in [3.63, 3.8) is 0 Å². The lowest BCUT2D eigenvalue weighted by atomic mass is 9.99. The van der Waals surface area contributed by atoms with Crippen LogP contribution in [0.3, 0.4) is 0 Å². The maximum atomic E-state index is 13.7. The number of anilines is 2. The first-order chi connectivity index (χ1) is 20.3. The molecular weight excluding hydrogens is 530 g/mol. The topological polar surface area (TPSA) is 138 Å². The van der Waals surface area contributed by atoms with Crippen LogP contribution in [0.4, 0.5) is 16.4 Å². The van der Waals surface area contributed by atoms with Gasteiger partial charge in [0.05, 0.1) is 11.4 Å². The number of nitrogens with two attached hydrogens (primary N) is 1. The first-order valence-corrected chi connectivity index (χ1v) is 13.6. The minimum atomic E-state index is -0.484. The number of amides is 3. The summed E-state index contributed by atoms with van der Waals surface area (Å²) in [7, 11) is 4.09. The Morgan fingerprint density at radius 1 is 1.05 bits per heavy atom. The number of imide groups is 1. The Bertz CT molecular complexity index is 1790. The monoisotopic (exact) mass is 561 g/mol. The zero-order valence-electron chi connectivity index (χ0n) is 23.6. The number of hydrogen-bond acceptors (Lipinski definition) is 7. The normalized spacial score (nSPS) is 13.0. The highest BCUT2D eigenvalue weighted by Crippen LogP contribution is 2.29. The van der Waals surface area contributed by atoms with E-state index in [-0.39, 0.29) is 12.5 Å². The third-order valence-corrected chi connectivity index (χ3v) is 7.28. The lowest BCUT2D eigenvalue weighted by Crippen LogP contribution is -2.45. The smallest absolute Gasteiger partial charge is 0.328 e. The standard InChI is InChI=1S/C31H31N9O2/c1-19-25-15-16-39(29(41)27(25)40(37-19)24-9-6-8-21(17-24)28-34-30(32)36-35-28)31(42)33-23-13-11-20(12-14-23)26-10-5-4-7-22(26)18-38(2)3/h4-14,17H,15-16,18H2,1-3H3,(H,33,42)(H3,32,34,35,36). The summed E-state index contributed by atoms with van der Waals surface area (Å²) in [6.45, 7) is 2.96. The summed E-state index contributed by atoms with van der Waals surface area (Å²) in [5, 5.41) is 14.2. The molecule has 0 bridgehead atoms. The Balaban J connectivity index is 1.23. The van der Waals surface area contributed by atoms with Crippen LogP contribution in [0.5, 0.6) is 0 Å². The zero-order valence-corrected chi connectivity index (χ0v) is 23.6. The Morgan fingerprint density at radius 2 is 1.83 bits per heavy atom. The number of hydrogen-bond donors (Lipinski definition) is 3. The molecular formula is C31H31N9O2. The Morgan fingerprint density at radius 3 is 2.57 bits per heavy atom. The van der Waals surface area contributed by atoms with Crippen LogP contribution in [0.1, 0.15) is 27.3 Å². The number of rotatable bonds is 6. The van der Waals surface area contributed by atoms with Gasteiger partial charge in [-0.1, -0.05) is 48.5 Å². The van der Waals surface area contributed by atoms with E-state index < -0.39 is 11.9 Å². The maximum absolute atomic E-state index is 13.7. The second-order valence-electron chi connectivity index (χ2n) is 10.5. The van der Waals surface area contributed by atoms with E-state index in [0.717, 1.165) is 34.5 Å². The second-order valence-corrected chi connectivity index (χ2v) is 10.5. The Labute approximate surface area is 243 Å². The molecule has 11 heteroatoms. The average Bonchev–Trinajstić information content (AvgIpc) is 3.57. The van der Waals surface area contributed by atoms with Gasteiger partial charge in [0.1, 0.15) is 5.69 Å². The first-order valence-electron chi connectivity index (χ1n) is 13.6. The van der Waals surface area contributed by atoms with Crippen LogP contribution in [0, 0.1) is 6.92 Å². The minimum absolute atomic E-state index is 0.142. The average molecular weight is 562 g/mol. The van der Waals surface area contributed by atoms with Crippen molar-refractivity contribution in [2.45, 2.75) is 19.9 Å². The highest BCUT2D eigenvalue weighted by Gasteiger charge is 2.34. The van der Waals surface area contributed by atoms with Crippen molar-refractivity contribution in [3.05, 3.63) is 95.3 Å². The fourth-order valence-electron chi connectivity index (χ4n) is 5.31. The molecule has 1 aliphatic rings. The molecule has 3 heterocycles. The molecule has 3 aromatic carbocycles. The maximum Gasteiger partial charge on any atom is 0.328 e. The van der Waals surface area contributed by atoms with Crippen molar-refractivity contribution in [2.24, 2.45) is 0 Å². The van der Waals surface area contributed by atoms with E-state index in [0.29, 0.717) is 29.3 Å². The molecule has 1 aliphatic heterocycles. The third kappa shape index (κ3) is 5.13. The third-order valence-electron chi connectivity index (χ3n) is 7.28. The van der Waals surface area contributed by atoms with Crippen molar-refractivity contribution in [3.8, 4) is 28.2 Å². The summed E-state index contributed by atoms with van der Waals surface area (Å²) >= 11 is 0. The van der Waals surface area contributed by atoms with E-state index in [1.54, 1.807) is 4.68 Å². The highest BCUT2D eigenvalue weighted by atomic mass is 16.2. The molecule has 0 radical (unpaired) electrons. The SMILES string of the molecule is Cc1nn(-c2cccc(-c3nc(N)n[nH]3)c2)c2c1CCN(C(=O)Nc1ccc(-c3ccccc3CN(C)C)cc1)C2=O. The molecule has 0 unspecified atom stereocenters. The summed E-state index contributed by atoms with van der Waals surface area (Å²) in [5.41, 5.74) is 13.0. The lowest BCUT2D eigenvalue weighted by Gasteiger charge is -2.26. The molecule has 212 valence electrons. The van der Waals surface area contributed by atoms with Crippen molar-refractivity contribution >= 4 is 23.6 Å². The lowest BCUT2D eigenvalue weighted by molar-refractivity contribution is 0.0789. The molecule has 42 heavy (non-hydrogen) atoms. The summed E-state index contributed by atoms with van der Waals surface area (Å²) in [5.74, 6) is 0.243. The number of aromatic amines is 1. The molecule has 0 atom stereocenters. The van der Waals surface area contributed by atoms with Crippen molar-refractivity contribution < 1.29 is 9.59 Å². The van der Waals surface area contributed by atoms with Gasteiger partial charge in [0.15, 0.2) is 5.82 Å². The van der Waals surface area contributed by atoms with Gasteiger partial charge in [-0.2, -0.15) is 10.1 Å². The van der Waals surface area contributed by atoms with Gasteiger partial charge in [-0.05, 0) is 68.4 Å². The second kappa shape index (κ2) is 10.9.